The van der Waals surface area contributed by atoms with Crippen molar-refractivity contribution in [1.82, 2.24) is 9.80 Å². The van der Waals surface area contributed by atoms with Crippen molar-refractivity contribution < 1.29 is 4.79 Å². The third-order valence-electron chi connectivity index (χ3n) is 4.19. The van der Waals surface area contributed by atoms with Crippen molar-refractivity contribution in [2.45, 2.75) is 39.0 Å². The zero-order chi connectivity index (χ0) is 13.7. The van der Waals surface area contributed by atoms with E-state index in [-0.39, 0.29) is 36.4 Å². The fourth-order valence-electron chi connectivity index (χ4n) is 2.73. The van der Waals surface area contributed by atoms with Crippen LogP contribution in [-0.2, 0) is 4.79 Å². The molecule has 2 fully saturated rings. The summed E-state index contributed by atoms with van der Waals surface area (Å²) in [6.07, 6.45) is 5.80. The molecular formula is C14H27IN4O. The van der Waals surface area contributed by atoms with Crippen molar-refractivity contribution in [2.75, 3.05) is 32.7 Å². The maximum atomic E-state index is 12.0. The number of nitrogens with two attached hydrogens (primary N) is 1. The Bertz CT molecular complexity index is 334. The Morgan fingerprint density at radius 1 is 1.10 bits per heavy atom. The van der Waals surface area contributed by atoms with E-state index in [4.69, 9.17) is 5.73 Å². The molecule has 0 unspecified atom stereocenters. The summed E-state index contributed by atoms with van der Waals surface area (Å²) in [5, 5.41) is 0. The lowest BCUT2D eigenvalue weighted by atomic mass is 10.00. The van der Waals surface area contributed by atoms with E-state index in [2.05, 4.69) is 16.8 Å². The van der Waals surface area contributed by atoms with Gasteiger partial charge in [0, 0.05) is 26.2 Å². The molecule has 0 radical (unpaired) electrons. The summed E-state index contributed by atoms with van der Waals surface area (Å²) < 4.78 is 0. The molecule has 0 atom stereocenters. The standard InChI is InChI=1S/C14H26N4O.HI/c1-12-5-9-18(10-6-12)14(15)16-11-13(19)17-7-3-2-4-8-17;/h12H,2-11H2,1H3,(H2,15,16);1H. The molecule has 1 amide bonds. The highest BCUT2D eigenvalue weighted by Crippen LogP contribution is 2.15. The summed E-state index contributed by atoms with van der Waals surface area (Å²) in [4.78, 5) is 20.3. The summed E-state index contributed by atoms with van der Waals surface area (Å²) in [7, 11) is 0. The summed E-state index contributed by atoms with van der Waals surface area (Å²) in [5.74, 6) is 1.43. The fourth-order valence-corrected chi connectivity index (χ4v) is 2.73. The molecule has 20 heavy (non-hydrogen) atoms. The van der Waals surface area contributed by atoms with Gasteiger partial charge in [-0.15, -0.1) is 24.0 Å². The molecule has 116 valence electrons. The van der Waals surface area contributed by atoms with E-state index in [9.17, 15) is 4.79 Å². The average molecular weight is 394 g/mol. The van der Waals surface area contributed by atoms with E-state index in [0.29, 0.717) is 5.96 Å². The van der Waals surface area contributed by atoms with Crippen molar-refractivity contribution in [1.29, 1.82) is 0 Å². The predicted molar refractivity (Wildman–Crippen MR) is 92.3 cm³/mol. The van der Waals surface area contributed by atoms with Crippen molar-refractivity contribution in [3.8, 4) is 0 Å². The smallest absolute Gasteiger partial charge is 0.244 e. The minimum absolute atomic E-state index is 0. The predicted octanol–water partition coefficient (Wildman–Crippen LogP) is 1.66. The van der Waals surface area contributed by atoms with Crippen LogP contribution in [0.2, 0.25) is 0 Å². The van der Waals surface area contributed by atoms with Gasteiger partial charge in [-0.1, -0.05) is 6.92 Å². The third kappa shape index (κ3) is 5.10. The highest BCUT2D eigenvalue weighted by molar-refractivity contribution is 14.0. The largest absolute Gasteiger partial charge is 0.370 e. The molecule has 2 rings (SSSR count). The number of amides is 1. The van der Waals surface area contributed by atoms with E-state index >= 15 is 0 Å². The van der Waals surface area contributed by atoms with Gasteiger partial charge >= 0.3 is 0 Å². The summed E-state index contributed by atoms with van der Waals surface area (Å²) in [6.45, 7) is 6.18. The molecule has 0 spiro atoms. The lowest BCUT2D eigenvalue weighted by Gasteiger charge is -2.31. The van der Waals surface area contributed by atoms with Crippen LogP contribution in [0.15, 0.2) is 4.99 Å². The maximum Gasteiger partial charge on any atom is 0.244 e. The molecular weight excluding hydrogens is 367 g/mol. The van der Waals surface area contributed by atoms with Crippen LogP contribution in [0.25, 0.3) is 0 Å². The van der Waals surface area contributed by atoms with Crippen molar-refractivity contribution >= 4 is 35.8 Å². The molecule has 0 aliphatic carbocycles. The van der Waals surface area contributed by atoms with Gasteiger partial charge in [0.2, 0.25) is 5.91 Å². The van der Waals surface area contributed by atoms with Gasteiger partial charge in [-0.25, -0.2) is 4.99 Å². The number of hydrogen-bond donors (Lipinski definition) is 1. The zero-order valence-electron chi connectivity index (χ0n) is 12.4. The molecule has 2 aliphatic rings. The van der Waals surface area contributed by atoms with Crippen LogP contribution in [0.4, 0.5) is 0 Å². The lowest BCUT2D eigenvalue weighted by Crippen LogP contribution is -2.43. The number of carbonyl (C=O) groups is 1. The first-order valence-corrected chi connectivity index (χ1v) is 7.49. The molecule has 2 heterocycles. The van der Waals surface area contributed by atoms with E-state index < -0.39 is 0 Å². The first-order valence-electron chi connectivity index (χ1n) is 7.49. The van der Waals surface area contributed by atoms with Gasteiger partial charge in [-0.2, -0.15) is 0 Å². The number of likely N-dealkylation sites (tertiary alicyclic amines) is 2. The topological polar surface area (TPSA) is 61.9 Å². The number of aliphatic imine (C=N–C) groups is 1. The van der Waals surface area contributed by atoms with Crippen molar-refractivity contribution in [2.24, 2.45) is 16.6 Å². The van der Waals surface area contributed by atoms with Gasteiger partial charge in [0.1, 0.15) is 6.54 Å². The summed E-state index contributed by atoms with van der Waals surface area (Å²) in [5.41, 5.74) is 5.98. The van der Waals surface area contributed by atoms with E-state index in [0.717, 1.165) is 57.8 Å². The Kier molecular flexibility index (Phi) is 7.61. The van der Waals surface area contributed by atoms with Crippen LogP contribution in [0.1, 0.15) is 39.0 Å². The monoisotopic (exact) mass is 394 g/mol. The Balaban J connectivity index is 0.00000200. The molecule has 2 saturated heterocycles. The number of hydrogen-bond acceptors (Lipinski definition) is 2. The number of carbonyl (C=O) groups excluding carboxylic acids is 1. The molecule has 0 aromatic heterocycles. The molecule has 5 nitrogen and oxygen atoms in total. The molecule has 0 aromatic carbocycles. The quantitative estimate of drug-likeness (QED) is 0.440. The number of guanidine groups is 1. The Labute approximate surface area is 139 Å². The maximum absolute atomic E-state index is 12.0. The van der Waals surface area contributed by atoms with Crippen LogP contribution in [-0.4, -0.2) is 54.4 Å². The van der Waals surface area contributed by atoms with E-state index in [1.54, 1.807) is 0 Å². The molecule has 0 bridgehead atoms. The molecule has 2 aliphatic heterocycles. The van der Waals surface area contributed by atoms with Gasteiger partial charge in [0.25, 0.3) is 0 Å². The average Bonchev–Trinajstić information content (AvgIpc) is 2.46. The molecule has 0 saturated carbocycles. The first-order chi connectivity index (χ1) is 9.16. The Hall–Kier alpha value is -0.530. The van der Waals surface area contributed by atoms with Gasteiger partial charge in [0.05, 0.1) is 0 Å². The Morgan fingerprint density at radius 2 is 1.70 bits per heavy atom. The van der Waals surface area contributed by atoms with Gasteiger partial charge in [-0.05, 0) is 38.0 Å². The number of halogens is 1. The fraction of sp³-hybridized carbons (Fsp3) is 0.857. The SMILES string of the molecule is CC1CCN(C(N)=NCC(=O)N2CCCCC2)CC1.I. The second-order valence-corrected chi connectivity index (χ2v) is 5.79. The second kappa shape index (κ2) is 8.69. The third-order valence-corrected chi connectivity index (χ3v) is 4.19. The van der Waals surface area contributed by atoms with Gasteiger partial charge < -0.3 is 15.5 Å². The minimum Gasteiger partial charge on any atom is -0.370 e. The lowest BCUT2D eigenvalue weighted by molar-refractivity contribution is -0.130. The number of rotatable bonds is 2. The summed E-state index contributed by atoms with van der Waals surface area (Å²) >= 11 is 0. The van der Waals surface area contributed by atoms with Crippen LogP contribution in [0.3, 0.4) is 0 Å². The van der Waals surface area contributed by atoms with Crippen molar-refractivity contribution in [3.63, 3.8) is 0 Å². The highest BCUT2D eigenvalue weighted by Gasteiger charge is 2.19. The van der Waals surface area contributed by atoms with E-state index in [1.165, 1.54) is 6.42 Å². The molecule has 0 aromatic rings. The molecule has 2 N–H and O–H groups in total. The molecule has 6 heteroatoms. The zero-order valence-corrected chi connectivity index (χ0v) is 14.7. The van der Waals surface area contributed by atoms with Crippen molar-refractivity contribution in [3.05, 3.63) is 0 Å². The van der Waals surface area contributed by atoms with Crippen LogP contribution >= 0.6 is 24.0 Å². The first kappa shape index (κ1) is 17.5. The van der Waals surface area contributed by atoms with Crippen LogP contribution in [0, 0.1) is 5.92 Å². The number of nitrogens with zero attached hydrogens (tertiary/aromatic N) is 3. The van der Waals surface area contributed by atoms with Crippen LogP contribution < -0.4 is 5.73 Å². The highest BCUT2D eigenvalue weighted by atomic mass is 127. The van der Waals surface area contributed by atoms with E-state index in [1.807, 2.05) is 4.90 Å². The van der Waals surface area contributed by atoms with Gasteiger partial charge in [0.15, 0.2) is 5.96 Å². The minimum atomic E-state index is 0. The van der Waals surface area contributed by atoms with Gasteiger partial charge in [-0.3, -0.25) is 4.79 Å². The second-order valence-electron chi connectivity index (χ2n) is 5.79. The number of piperidine rings is 2. The Morgan fingerprint density at radius 3 is 2.30 bits per heavy atom. The summed E-state index contributed by atoms with van der Waals surface area (Å²) in [6, 6.07) is 0. The normalized spacial score (nSPS) is 21.6. The van der Waals surface area contributed by atoms with Crippen LogP contribution in [0.5, 0.6) is 0 Å².